The number of aryl methyl sites for hydroxylation is 2. The van der Waals surface area contributed by atoms with Crippen LogP contribution in [0.25, 0.3) is 22.3 Å². The fraction of sp³-hybridized carbons (Fsp3) is 0.174. The minimum atomic E-state index is -1.03. The van der Waals surface area contributed by atoms with Gasteiger partial charge >= 0.3 is 11.9 Å². The van der Waals surface area contributed by atoms with Gasteiger partial charge in [0.15, 0.2) is 5.69 Å². The molecule has 0 aliphatic rings. The zero-order valence-corrected chi connectivity index (χ0v) is 18.4. The number of hydrogen-bond donors (Lipinski definition) is 2. The van der Waals surface area contributed by atoms with Gasteiger partial charge in [0.05, 0.1) is 15.7 Å². The number of hydrogen-bond acceptors (Lipinski definition) is 4. The Morgan fingerprint density at radius 3 is 2.55 bits per heavy atom. The lowest BCUT2D eigenvalue weighted by Crippen LogP contribution is -2.13. The molecule has 0 spiro atoms. The van der Waals surface area contributed by atoms with Crippen molar-refractivity contribution in [1.29, 1.82) is 0 Å². The van der Waals surface area contributed by atoms with Gasteiger partial charge in [0.2, 0.25) is 0 Å². The summed E-state index contributed by atoms with van der Waals surface area (Å²) in [6.07, 6.45) is 0.613. The third kappa shape index (κ3) is 3.63. The van der Waals surface area contributed by atoms with Crippen molar-refractivity contribution in [3.8, 4) is 11.3 Å². The number of aromatic nitrogens is 2. The third-order valence-electron chi connectivity index (χ3n) is 5.17. The summed E-state index contributed by atoms with van der Waals surface area (Å²) in [4.78, 5) is 27.8. The topological polar surface area (TPSA) is 106 Å². The first-order valence-corrected chi connectivity index (χ1v) is 10.4. The largest absolute Gasteiger partial charge is 0.478 e. The quantitative estimate of drug-likeness (QED) is 0.382. The highest BCUT2D eigenvalue weighted by Gasteiger charge is 2.22. The highest BCUT2D eigenvalue weighted by Crippen LogP contribution is 2.39. The van der Waals surface area contributed by atoms with E-state index in [1.165, 1.54) is 6.07 Å². The molecule has 2 N–H and O–H groups in total. The zero-order chi connectivity index (χ0) is 22.3. The monoisotopic (exact) mass is 482 g/mol. The summed E-state index contributed by atoms with van der Waals surface area (Å²) in [7, 11) is 0. The molecule has 0 unspecified atom stereocenters. The first-order chi connectivity index (χ1) is 14.8. The molecule has 2 aromatic heterocycles. The predicted octanol–water partition coefficient (Wildman–Crippen LogP) is 5.37. The SMILES string of the molecule is CCc1nc(C)c(C(=O)O)n1Cc1ccc2oc(-c3ccccc3C(=O)O)c(Br)c2c1. The maximum atomic E-state index is 11.7. The van der Waals surface area contributed by atoms with Gasteiger partial charge in [0.25, 0.3) is 0 Å². The molecule has 158 valence electrons. The van der Waals surface area contributed by atoms with Gasteiger partial charge in [-0.2, -0.15) is 0 Å². The second kappa shape index (κ2) is 8.03. The molecule has 2 heterocycles. The lowest BCUT2D eigenvalue weighted by Gasteiger charge is -2.09. The Morgan fingerprint density at radius 1 is 1.13 bits per heavy atom. The molecule has 0 bridgehead atoms. The summed E-state index contributed by atoms with van der Waals surface area (Å²) in [5, 5.41) is 19.9. The molecule has 4 rings (SSSR count). The van der Waals surface area contributed by atoms with Crippen LogP contribution < -0.4 is 0 Å². The third-order valence-corrected chi connectivity index (χ3v) is 5.96. The van der Waals surface area contributed by atoms with E-state index in [0.29, 0.717) is 45.9 Å². The molecule has 7 nitrogen and oxygen atoms in total. The molecule has 0 aliphatic carbocycles. The highest BCUT2D eigenvalue weighted by atomic mass is 79.9. The molecule has 0 saturated carbocycles. The minimum Gasteiger partial charge on any atom is -0.478 e. The van der Waals surface area contributed by atoms with Crippen LogP contribution in [0.15, 0.2) is 51.4 Å². The fourth-order valence-electron chi connectivity index (χ4n) is 3.78. The Kier molecular flexibility index (Phi) is 5.41. The normalized spacial score (nSPS) is 11.2. The Labute approximate surface area is 186 Å². The number of fused-ring (bicyclic) bond motifs is 1. The van der Waals surface area contributed by atoms with Crippen LogP contribution in [0.5, 0.6) is 0 Å². The van der Waals surface area contributed by atoms with Gasteiger partial charge in [0.1, 0.15) is 17.2 Å². The van der Waals surface area contributed by atoms with Gasteiger partial charge in [-0.15, -0.1) is 0 Å². The number of aromatic carboxylic acids is 2. The van der Waals surface area contributed by atoms with E-state index < -0.39 is 11.9 Å². The Hall–Kier alpha value is -3.39. The summed E-state index contributed by atoms with van der Waals surface area (Å²) in [5.41, 5.74) is 2.77. The van der Waals surface area contributed by atoms with Crippen molar-refractivity contribution in [3.63, 3.8) is 0 Å². The van der Waals surface area contributed by atoms with Crippen LogP contribution in [0, 0.1) is 6.92 Å². The van der Waals surface area contributed by atoms with Crippen molar-refractivity contribution in [2.24, 2.45) is 0 Å². The zero-order valence-electron chi connectivity index (χ0n) is 16.8. The van der Waals surface area contributed by atoms with E-state index >= 15 is 0 Å². The molecule has 0 amide bonds. The maximum absolute atomic E-state index is 11.7. The van der Waals surface area contributed by atoms with Crippen molar-refractivity contribution < 1.29 is 24.2 Å². The summed E-state index contributed by atoms with van der Waals surface area (Å²) in [5.74, 6) is -0.906. The maximum Gasteiger partial charge on any atom is 0.354 e. The van der Waals surface area contributed by atoms with E-state index in [4.69, 9.17) is 4.42 Å². The average molecular weight is 483 g/mol. The molecule has 4 aromatic rings. The van der Waals surface area contributed by atoms with Gasteiger partial charge in [-0.25, -0.2) is 14.6 Å². The van der Waals surface area contributed by atoms with Crippen molar-refractivity contribution in [2.45, 2.75) is 26.8 Å². The molecule has 0 fully saturated rings. The van der Waals surface area contributed by atoms with E-state index in [9.17, 15) is 19.8 Å². The molecule has 0 radical (unpaired) electrons. The molecule has 0 saturated heterocycles. The first-order valence-electron chi connectivity index (χ1n) is 9.64. The van der Waals surface area contributed by atoms with Gasteiger partial charge < -0.3 is 19.2 Å². The van der Waals surface area contributed by atoms with E-state index in [1.807, 2.05) is 19.1 Å². The van der Waals surface area contributed by atoms with Gasteiger partial charge in [-0.05, 0) is 46.6 Å². The molecule has 2 aromatic carbocycles. The van der Waals surface area contributed by atoms with Crippen LogP contribution in [0.1, 0.15) is 44.9 Å². The van der Waals surface area contributed by atoms with Crippen LogP contribution >= 0.6 is 15.9 Å². The number of furan rings is 1. The number of benzene rings is 2. The van der Waals surface area contributed by atoms with Crippen LogP contribution in [-0.4, -0.2) is 31.7 Å². The van der Waals surface area contributed by atoms with Crippen LogP contribution in [0.3, 0.4) is 0 Å². The molecule has 31 heavy (non-hydrogen) atoms. The van der Waals surface area contributed by atoms with Crippen molar-refractivity contribution in [2.75, 3.05) is 0 Å². The Morgan fingerprint density at radius 2 is 1.87 bits per heavy atom. The fourth-order valence-corrected chi connectivity index (χ4v) is 4.38. The summed E-state index contributed by atoms with van der Waals surface area (Å²) in [6.45, 7) is 3.98. The van der Waals surface area contributed by atoms with Crippen molar-refractivity contribution in [1.82, 2.24) is 9.55 Å². The van der Waals surface area contributed by atoms with Gasteiger partial charge in [-0.1, -0.05) is 31.2 Å². The number of nitrogens with zero attached hydrogens (tertiary/aromatic N) is 2. The molecule has 8 heteroatoms. The number of carbonyl (C=O) groups is 2. The summed E-state index contributed by atoms with van der Waals surface area (Å²) < 4.78 is 8.33. The van der Waals surface area contributed by atoms with Crippen molar-refractivity contribution in [3.05, 3.63) is 75.3 Å². The second-order valence-electron chi connectivity index (χ2n) is 7.13. The Bertz CT molecular complexity index is 1340. The standard InChI is InChI=1S/C23H19BrN2O5/c1-3-18-25-12(2)20(23(29)30)26(18)11-13-8-9-17-16(10-13)19(24)21(31-17)14-6-4-5-7-15(14)22(27)28/h4-10H,3,11H2,1-2H3,(H,27,28)(H,29,30). The average Bonchev–Trinajstić information content (AvgIpc) is 3.24. The minimum absolute atomic E-state index is 0.148. The first kappa shape index (κ1) is 20.9. The van der Waals surface area contributed by atoms with E-state index in [1.54, 1.807) is 35.8 Å². The smallest absolute Gasteiger partial charge is 0.354 e. The highest BCUT2D eigenvalue weighted by molar-refractivity contribution is 9.10. The number of carboxylic acid groups (broad SMARTS) is 2. The molecule has 0 aliphatic heterocycles. The van der Waals surface area contributed by atoms with Crippen LogP contribution in [0.4, 0.5) is 0 Å². The number of carboxylic acids is 2. The number of imidazole rings is 1. The molecular formula is C23H19BrN2O5. The Balaban J connectivity index is 1.81. The predicted molar refractivity (Wildman–Crippen MR) is 119 cm³/mol. The van der Waals surface area contributed by atoms with Gasteiger partial charge in [-0.3, -0.25) is 0 Å². The lowest BCUT2D eigenvalue weighted by molar-refractivity contribution is 0.0678. The van der Waals surface area contributed by atoms with Crippen LogP contribution in [-0.2, 0) is 13.0 Å². The van der Waals surface area contributed by atoms with Crippen LogP contribution in [0.2, 0.25) is 0 Å². The van der Waals surface area contributed by atoms with E-state index in [0.717, 1.165) is 10.9 Å². The van der Waals surface area contributed by atoms with E-state index in [2.05, 4.69) is 20.9 Å². The number of rotatable bonds is 6. The summed E-state index contributed by atoms with van der Waals surface area (Å²) >= 11 is 3.56. The summed E-state index contributed by atoms with van der Waals surface area (Å²) in [6, 6.07) is 12.2. The molecular weight excluding hydrogens is 464 g/mol. The lowest BCUT2D eigenvalue weighted by atomic mass is 10.0. The van der Waals surface area contributed by atoms with E-state index in [-0.39, 0.29) is 11.3 Å². The molecule has 0 atom stereocenters. The second-order valence-corrected chi connectivity index (χ2v) is 7.93. The van der Waals surface area contributed by atoms with Crippen molar-refractivity contribution >= 4 is 38.8 Å². The van der Waals surface area contributed by atoms with Gasteiger partial charge in [0, 0.05) is 23.9 Å². The number of halogens is 1.